The Hall–Kier alpha value is -3.47. The smallest absolute Gasteiger partial charge is 0.276 e. The molecule has 0 saturated carbocycles. The lowest BCUT2D eigenvalue weighted by Gasteiger charge is -2.09. The van der Waals surface area contributed by atoms with Crippen molar-refractivity contribution in [2.45, 2.75) is 13.8 Å². The highest BCUT2D eigenvalue weighted by molar-refractivity contribution is 6.08. The molecule has 1 amide bonds. The van der Waals surface area contributed by atoms with Crippen LogP contribution in [0.15, 0.2) is 67.0 Å². The second kappa shape index (κ2) is 6.44. The molecule has 0 unspecified atom stereocenters. The van der Waals surface area contributed by atoms with Gasteiger partial charge in [-0.05, 0) is 37.4 Å². The number of pyridine rings is 1. The van der Waals surface area contributed by atoms with Crippen LogP contribution in [0.2, 0.25) is 0 Å². The van der Waals surface area contributed by atoms with Gasteiger partial charge in [-0.15, -0.1) is 0 Å². The van der Waals surface area contributed by atoms with Crippen molar-refractivity contribution >= 4 is 22.4 Å². The van der Waals surface area contributed by atoms with Crippen LogP contribution < -0.4 is 5.32 Å². The van der Waals surface area contributed by atoms with Crippen LogP contribution in [0.5, 0.6) is 0 Å². The number of rotatable bonds is 3. The number of benzene rings is 2. The van der Waals surface area contributed by atoms with Gasteiger partial charge in [0.25, 0.3) is 5.91 Å². The fourth-order valence-electron chi connectivity index (χ4n) is 3.24. The normalized spacial score (nSPS) is 10.8. The molecule has 2 aromatic heterocycles. The maximum absolute atomic E-state index is 12.9. The zero-order valence-electron chi connectivity index (χ0n) is 14.6. The van der Waals surface area contributed by atoms with Gasteiger partial charge in [0.2, 0.25) is 0 Å². The Morgan fingerprint density at radius 1 is 1.00 bits per heavy atom. The summed E-state index contributed by atoms with van der Waals surface area (Å²) in [6, 6.07) is 17.6. The van der Waals surface area contributed by atoms with E-state index < -0.39 is 0 Å². The third kappa shape index (κ3) is 2.73. The first-order valence-corrected chi connectivity index (χ1v) is 8.40. The summed E-state index contributed by atoms with van der Waals surface area (Å²) in [6.45, 7) is 3.78. The second-order valence-corrected chi connectivity index (χ2v) is 6.12. The van der Waals surface area contributed by atoms with Crippen LogP contribution in [-0.2, 0) is 0 Å². The van der Waals surface area contributed by atoms with Gasteiger partial charge in [0.05, 0.1) is 17.6 Å². The number of aromatic nitrogens is 3. The summed E-state index contributed by atoms with van der Waals surface area (Å²) in [4.78, 5) is 21.5. The number of imidazole rings is 1. The lowest BCUT2D eigenvalue weighted by atomic mass is 10.1. The van der Waals surface area contributed by atoms with Crippen LogP contribution in [0.1, 0.15) is 22.0 Å². The molecule has 1 N–H and O–H groups in total. The average molecular weight is 342 g/mol. The molecule has 0 atom stereocenters. The lowest BCUT2D eigenvalue weighted by molar-refractivity contribution is 0.102. The predicted molar refractivity (Wildman–Crippen MR) is 103 cm³/mol. The number of hydrogen-bond acceptors (Lipinski definition) is 3. The van der Waals surface area contributed by atoms with E-state index in [1.807, 2.05) is 73.0 Å². The Bertz CT molecular complexity index is 1090. The quantitative estimate of drug-likeness (QED) is 0.604. The maximum atomic E-state index is 12.9. The maximum Gasteiger partial charge on any atom is 0.276 e. The first-order valence-electron chi connectivity index (χ1n) is 8.40. The minimum absolute atomic E-state index is 0.218. The van der Waals surface area contributed by atoms with E-state index in [9.17, 15) is 4.79 Å². The Labute approximate surface area is 151 Å². The summed E-state index contributed by atoms with van der Waals surface area (Å²) in [5.41, 5.74) is 2.87. The molecule has 0 radical (unpaired) electrons. The number of nitrogens with one attached hydrogen (secondary N) is 1. The molecule has 0 bridgehead atoms. The van der Waals surface area contributed by atoms with Crippen molar-refractivity contribution in [1.82, 2.24) is 14.5 Å². The zero-order valence-corrected chi connectivity index (χ0v) is 14.6. The molecule has 5 nitrogen and oxygen atoms in total. The minimum Gasteiger partial charge on any atom is -0.320 e. The van der Waals surface area contributed by atoms with E-state index in [1.54, 1.807) is 12.4 Å². The number of fused-ring (bicyclic) bond motifs is 1. The van der Waals surface area contributed by atoms with Gasteiger partial charge in [0.1, 0.15) is 11.5 Å². The molecule has 0 aliphatic heterocycles. The second-order valence-electron chi connectivity index (χ2n) is 6.12. The van der Waals surface area contributed by atoms with Gasteiger partial charge in [-0.25, -0.2) is 4.98 Å². The minimum atomic E-state index is -0.218. The third-order valence-corrected chi connectivity index (χ3v) is 4.43. The molecule has 4 aromatic rings. The van der Waals surface area contributed by atoms with Gasteiger partial charge in [0.15, 0.2) is 0 Å². The number of hydrogen-bond donors (Lipinski definition) is 1. The fourth-order valence-corrected chi connectivity index (χ4v) is 3.24. The molecule has 0 fully saturated rings. The van der Waals surface area contributed by atoms with E-state index in [4.69, 9.17) is 0 Å². The molecule has 0 aliphatic carbocycles. The van der Waals surface area contributed by atoms with Gasteiger partial charge in [-0.1, -0.05) is 36.4 Å². The van der Waals surface area contributed by atoms with Crippen molar-refractivity contribution in [3.8, 4) is 5.69 Å². The van der Waals surface area contributed by atoms with E-state index in [2.05, 4.69) is 15.3 Å². The first-order chi connectivity index (χ1) is 12.6. The molecule has 0 spiro atoms. The summed E-state index contributed by atoms with van der Waals surface area (Å²) in [7, 11) is 0. The van der Waals surface area contributed by atoms with Crippen molar-refractivity contribution in [2.75, 3.05) is 5.32 Å². The van der Waals surface area contributed by atoms with E-state index in [0.717, 1.165) is 33.7 Å². The third-order valence-electron chi connectivity index (χ3n) is 4.43. The summed E-state index contributed by atoms with van der Waals surface area (Å²) in [6.07, 6.45) is 3.48. The first kappa shape index (κ1) is 16.0. The van der Waals surface area contributed by atoms with Crippen LogP contribution in [0.4, 0.5) is 5.69 Å². The lowest BCUT2D eigenvalue weighted by Crippen LogP contribution is -2.14. The van der Waals surface area contributed by atoms with E-state index >= 15 is 0 Å². The molecule has 26 heavy (non-hydrogen) atoms. The van der Waals surface area contributed by atoms with Crippen LogP contribution in [0.3, 0.4) is 0 Å². The molecule has 2 heterocycles. The van der Waals surface area contributed by atoms with Crippen molar-refractivity contribution in [3.63, 3.8) is 0 Å². The molecule has 4 rings (SSSR count). The van der Waals surface area contributed by atoms with Crippen LogP contribution in [0.25, 0.3) is 16.5 Å². The molecule has 0 aliphatic rings. The topological polar surface area (TPSA) is 59.8 Å². The molecule has 128 valence electrons. The number of nitrogens with zero attached hydrogens (tertiary/aromatic N) is 3. The highest BCUT2D eigenvalue weighted by Crippen LogP contribution is 2.24. The van der Waals surface area contributed by atoms with E-state index in [0.29, 0.717) is 5.69 Å². The largest absolute Gasteiger partial charge is 0.320 e. The zero-order chi connectivity index (χ0) is 18.1. The number of carbonyl (C=O) groups is 1. The van der Waals surface area contributed by atoms with E-state index in [1.165, 1.54) is 0 Å². The van der Waals surface area contributed by atoms with Crippen molar-refractivity contribution in [1.29, 1.82) is 0 Å². The predicted octanol–water partition coefficient (Wildman–Crippen LogP) is 4.29. The Morgan fingerprint density at radius 2 is 1.81 bits per heavy atom. The van der Waals surface area contributed by atoms with Crippen molar-refractivity contribution < 1.29 is 4.79 Å². The Balaban J connectivity index is 1.71. The number of carbonyl (C=O) groups excluding carboxylic acids is 1. The number of aryl methyl sites for hydroxylation is 1. The van der Waals surface area contributed by atoms with Crippen LogP contribution in [0, 0.1) is 13.8 Å². The summed E-state index contributed by atoms with van der Waals surface area (Å²) in [5, 5.41) is 5.09. The molecule has 0 saturated heterocycles. The van der Waals surface area contributed by atoms with Crippen LogP contribution in [-0.4, -0.2) is 20.4 Å². The van der Waals surface area contributed by atoms with Gasteiger partial charge in [-0.3, -0.25) is 14.3 Å². The van der Waals surface area contributed by atoms with Gasteiger partial charge in [0, 0.05) is 17.3 Å². The standard InChI is InChI=1S/C21H18N4O/c1-14-20(23-15(2)25(14)17-9-6-12-22-13-17)21(26)24-19-11-5-8-16-7-3-4-10-18(16)19/h3-13H,1-2H3,(H,24,26). The molecular formula is C21H18N4O. The Morgan fingerprint density at radius 3 is 2.62 bits per heavy atom. The fraction of sp³-hybridized carbons (Fsp3) is 0.0952. The molecule has 2 aromatic carbocycles. The number of amides is 1. The van der Waals surface area contributed by atoms with Crippen LogP contribution >= 0.6 is 0 Å². The Kier molecular flexibility index (Phi) is 3.97. The van der Waals surface area contributed by atoms with Gasteiger partial charge in [-0.2, -0.15) is 0 Å². The monoisotopic (exact) mass is 342 g/mol. The van der Waals surface area contributed by atoms with Gasteiger partial charge >= 0.3 is 0 Å². The van der Waals surface area contributed by atoms with Crippen molar-refractivity contribution in [3.05, 3.63) is 84.2 Å². The molecule has 5 heteroatoms. The highest BCUT2D eigenvalue weighted by Gasteiger charge is 2.19. The number of anilines is 1. The van der Waals surface area contributed by atoms with Gasteiger partial charge < -0.3 is 5.32 Å². The van der Waals surface area contributed by atoms with Crippen molar-refractivity contribution in [2.24, 2.45) is 0 Å². The average Bonchev–Trinajstić information content (AvgIpc) is 2.97. The summed E-state index contributed by atoms with van der Waals surface area (Å²) >= 11 is 0. The molecular weight excluding hydrogens is 324 g/mol. The highest BCUT2D eigenvalue weighted by atomic mass is 16.1. The summed E-state index contributed by atoms with van der Waals surface area (Å²) < 4.78 is 1.94. The van der Waals surface area contributed by atoms with E-state index in [-0.39, 0.29) is 5.91 Å². The summed E-state index contributed by atoms with van der Waals surface area (Å²) in [5.74, 6) is 0.531. The SMILES string of the molecule is Cc1nc(C(=O)Nc2cccc3ccccc23)c(C)n1-c1cccnc1.